The summed E-state index contributed by atoms with van der Waals surface area (Å²) in [6.07, 6.45) is 4.27. The van der Waals surface area contributed by atoms with Crippen LogP contribution in [0, 0.1) is 5.41 Å². The lowest BCUT2D eigenvalue weighted by Gasteiger charge is -2.19. The number of carbonyl (C=O) groups is 1. The van der Waals surface area contributed by atoms with Gasteiger partial charge in [-0.3, -0.25) is 0 Å². The predicted molar refractivity (Wildman–Crippen MR) is 58.6 cm³/mol. The first kappa shape index (κ1) is 11.9. The van der Waals surface area contributed by atoms with Crippen molar-refractivity contribution in [1.29, 1.82) is 0 Å². The van der Waals surface area contributed by atoms with E-state index >= 15 is 0 Å². The molecule has 1 heterocycles. The van der Waals surface area contributed by atoms with E-state index in [0.717, 1.165) is 18.4 Å². The zero-order valence-corrected chi connectivity index (χ0v) is 9.90. The molecule has 0 saturated heterocycles. The van der Waals surface area contributed by atoms with Crippen LogP contribution in [0.4, 0.5) is 0 Å². The molecule has 0 amide bonds. The van der Waals surface area contributed by atoms with Crippen molar-refractivity contribution < 1.29 is 4.79 Å². The predicted octanol–water partition coefficient (Wildman–Crippen LogP) is 2.02. The Hall–Kier alpha value is -1.19. The van der Waals surface area contributed by atoms with Gasteiger partial charge in [0, 0.05) is 18.7 Å². The summed E-state index contributed by atoms with van der Waals surface area (Å²) in [7, 11) is 0. The molecule has 0 aliphatic heterocycles. The van der Waals surface area contributed by atoms with Crippen molar-refractivity contribution in [3.63, 3.8) is 0 Å². The van der Waals surface area contributed by atoms with Gasteiger partial charge in [-0.1, -0.05) is 19.1 Å². The first-order valence-electron chi connectivity index (χ1n) is 5.29. The Kier molecular flexibility index (Phi) is 3.61. The monoisotopic (exact) mass is 209 g/mol. The van der Waals surface area contributed by atoms with Gasteiger partial charge < -0.3 is 4.79 Å². The summed E-state index contributed by atoms with van der Waals surface area (Å²) >= 11 is 0. The molecule has 4 heteroatoms. The van der Waals surface area contributed by atoms with E-state index in [2.05, 4.69) is 38.0 Å². The van der Waals surface area contributed by atoms with Crippen LogP contribution in [-0.4, -0.2) is 21.3 Å². The molecule has 1 aromatic rings. The molecule has 15 heavy (non-hydrogen) atoms. The number of nitrogens with zero attached hydrogens (tertiary/aromatic N) is 3. The van der Waals surface area contributed by atoms with Gasteiger partial charge in [0.1, 0.15) is 6.29 Å². The number of hydrogen-bond acceptors (Lipinski definition) is 3. The van der Waals surface area contributed by atoms with Crippen LogP contribution in [0.15, 0.2) is 6.20 Å². The smallest absolute Gasteiger partial charge is 0.120 e. The number of aldehydes is 1. The van der Waals surface area contributed by atoms with Crippen LogP contribution < -0.4 is 0 Å². The quantitative estimate of drug-likeness (QED) is 0.697. The van der Waals surface area contributed by atoms with Crippen molar-refractivity contribution in [2.75, 3.05) is 0 Å². The van der Waals surface area contributed by atoms with Gasteiger partial charge in [-0.05, 0) is 25.7 Å². The molecule has 4 nitrogen and oxygen atoms in total. The molecule has 0 unspecified atom stereocenters. The fourth-order valence-electron chi connectivity index (χ4n) is 1.43. The van der Waals surface area contributed by atoms with Gasteiger partial charge in [0.2, 0.25) is 0 Å². The summed E-state index contributed by atoms with van der Waals surface area (Å²) in [5.41, 5.74) is 0.926. The van der Waals surface area contributed by atoms with Crippen LogP contribution in [0.2, 0.25) is 0 Å². The van der Waals surface area contributed by atoms with E-state index in [-0.39, 0.29) is 5.41 Å². The Bertz CT molecular complexity index is 328. The van der Waals surface area contributed by atoms with E-state index < -0.39 is 0 Å². The van der Waals surface area contributed by atoms with Crippen LogP contribution in [0.1, 0.15) is 45.9 Å². The maximum absolute atomic E-state index is 10.5. The van der Waals surface area contributed by atoms with Gasteiger partial charge >= 0.3 is 0 Å². The highest BCUT2D eigenvalue weighted by molar-refractivity contribution is 5.50. The van der Waals surface area contributed by atoms with Gasteiger partial charge in [-0.25, -0.2) is 4.68 Å². The van der Waals surface area contributed by atoms with E-state index in [1.54, 1.807) is 0 Å². The van der Waals surface area contributed by atoms with Crippen molar-refractivity contribution in [3.05, 3.63) is 11.9 Å². The van der Waals surface area contributed by atoms with E-state index in [0.29, 0.717) is 12.5 Å². The number of rotatable bonds is 5. The molecule has 0 atom stereocenters. The van der Waals surface area contributed by atoms with Crippen molar-refractivity contribution in [2.45, 2.75) is 46.6 Å². The Morgan fingerprint density at radius 3 is 2.67 bits per heavy atom. The Morgan fingerprint density at radius 1 is 1.53 bits per heavy atom. The minimum atomic E-state index is -0.0282. The molecule has 0 bridgehead atoms. The van der Waals surface area contributed by atoms with E-state index in [9.17, 15) is 4.79 Å². The van der Waals surface area contributed by atoms with Gasteiger partial charge in [0.25, 0.3) is 0 Å². The highest BCUT2D eigenvalue weighted by Gasteiger charge is 2.19. The topological polar surface area (TPSA) is 47.8 Å². The SMILES string of the molecule is CC(C)n1cc(CC(C)(C)CC=O)nn1. The maximum atomic E-state index is 10.5. The number of aromatic nitrogens is 3. The van der Waals surface area contributed by atoms with Crippen molar-refractivity contribution in [2.24, 2.45) is 5.41 Å². The molecule has 0 aromatic carbocycles. The fraction of sp³-hybridized carbons (Fsp3) is 0.727. The van der Waals surface area contributed by atoms with Gasteiger partial charge in [-0.15, -0.1) is 5.10 Å². The first-order valence-corrected chi connectivity index (χ1v) is 5.29. The second-order valence-corrected chi connectivity index (χ2v) is 5.00. The van der Waals surface area contributed by atoms with Gasteiger partial charge in [0.05, 0.1) is 5.69 Å². The third-order valence-corrected chi connectivity index (χ3v) is 2.38. The van der Waals surface area contributed by atoms with Gasteiger partial charge in [0.15, 0.2) is 0 Å². The lowest BCUT2D eigenvalue weighted by molar-refractivity contribution is -0.109. The van der Waals surface area contributed by atoms with Crippen LogP contribution in [0.3, 0.4) is 0 Å². The molecule has 0 aliphatic carbocycles. The summed E-state index contributed by atoms with van der Waals surface area (Å²) in [4.78, 5) is 10.5. The van der Waals surface area contributed by atoms with Crippen LogP contribution in [-0.2, 0) is 11.2 Å². The zero-order chi connectivity index (χ0) is 11.5. The summed E-state index contributed by atoms with van der Waals surface area (Å²) < 4.78 is 1.84. The van der Waals surface area contributed by atoms with E-state index in [4.69, 9.17) is 0 Å². The van der Waals surface area contributed by atoms with Crippen LogP contribution in [0.25, 0.3) is 0 Å². The van der Waals surface area contributed by atoms with Crippen LogP contribution >= 0.6 is 0 Å². The zero-order valence-electron chi connectivity index (χ0n) is 9.90. The third-order valence-electron chi connectivity index (χ3n) is 2.38. The highest BCUT2D eigenvalue weighted by Crippen LogP contribution is 2.23. The lowest BCUT2D eigenvalue weighted by Crippen LogP contribution is -2.15. The summed E-state index contributed by atoms with van der Waals surface area (Å²) in [5.74, 6) is 0. The van der Waals surface area contributed by atoms with Crippen molar-refractivity contribution in [3.8, 4) is 0 Å². The number of carbonyl (C=O) groups excluding carboxylic acids is 1. The standard InChI is InChI=1S/C11H19N3O/c1-9(2)14-8-10(12-13-14)7-11(3,4)5-6-15/h6,8-9H,5,7H2,1-4H3. The minimum Gasteiger partial charge on any atom is -0.303 e. The average molecular weight is 209 g/mol. The summed E-state index contributed by atoms with van der Waals surface area (Å²) in [6, 6.07) is 0.334. The molecule has 0 N–H and O–H groups in total. The van der Waals surface area contributed by atoms with Crippen LogP contribution in [0.5, 0.6) is 0 Å². The largest absolute Gasteiger partial charge is 0.303 e. The molecule has 84 valence electrons. The molecule has 1 rings (SSSR count). The molecule has 0 aliphatic rings. The second-order valence-electron chi connectivity index (χ2n) is 5.00. The van der Waals surface area contributed by atoms with Gasteiger partial charge in [-0.2, -0.15) is 0 Å². The fourth-order valence-corrected chi connectivity index (χ4v) is 1.43. The Morgan fingerprint density at radius 2 is 2.20 bits per heavy atom. The highest BCUT2D eigenvalue weighted by atomic mass is 16.1. The normalized spacial score (nSPS) is 12.1. The lowest BCUT2D eigenvalue weighted by atomic mass is 9.85. The third kappa shape index (κ3) is 3.46. The molecular weight excluding hydrogens is 190 g/mol. The maximum Gasteiger partial charge on any atom is 0.120 e. The summed E-state index contributed by atoms with van der Waals surface area (Å²) in [5, 5.41) is 8.14. The Labute approximate surface area is 90.7 Å². The molecule has 0 saturated carbocycles. The number of hydrogen-bond donors (Lipinski definition) is 0. The Balaban J connectivity index is 2.68. The molecule has 0 fully saturated rings. The molecule has 1 aromatic heterocycles. The minimum absolute atomic E-state index is 0.0282. The first-order chi connectivity index (χ1) is 6.94. The van der Waals surface area contributed by atoms with E-state index in [1.807, 2.05) is 10.9 Å². The summed E-state index contributed by atoms with van der Waals surface area (Å²) in [6.45, 7) is 8.26. The second kappa shape index (κ2) is 4.55. The van der Waals surface area contributed by atoms with Crippen molar-refractivity contribution >= 4 is 6.29 Å². The molecular formula is C11H19N3O. The molecule has 0 spiro atoms. The molecule has 0 radical (unpaired) electrons. The van der Waals surface area contributed by atoms with Crippen molar-refractivity contribution in [1.82, 2.24) is 15.0 Å². The average Bonchev–Trinajstić information content (AvgIpc) is 2.51. The van der Waals surface area contributed by atoms with E-state index in [1.165, 1.54) is 0 Å².